The minimum absolute atomic E-state index is 0.528. The lowest BCUT2D eigenvalue weighted by molar-refractivity contribution is 0.0348. The molecule has 0 aromatic carbocycles. The number of hydrogen-bond acceptors (Lipinski definition) is 1. The summed E-state index contributed by atoms with van der Waals surface area (Å²) in [6, 6.07) is 0. The lowest BCUT2D eigenvalue weighted by Crippen LogP contribution is -2.15. The summed E-state index contributed by atoms with van der Waals surface area (Å²) >= 11 is 0. The van der Waals surface area contributed by atoms with Crippen LogP contribution >= 0.6 is 0 Å². The van der Waals surface area contributed by atoms with Crippen molar-refractivity contribution < 1.29 is 4.74 Å². The van der Waals surface area contributed by atoms with Gasteiger partial charge >= 0.3 is 0 Å². The molecule has 0 bridgehead atoms. The molecule has 1 heteroatoms. The van der Waals surface area contributed by atoms with Crippen LogP contribution in [0, 0.1) is 5.92 Å². The monoisotopic (exact) mass is 228 g/mol. The van der Waals surface area contributed by atoms with Gasteiger partial charge in [0.15, 0.2) is 0 Å². The van der Waals surface area contributed by atoms with Crippen molar-refractivity contribution in [3.8, 4) is 0 Å². The predicted octanol–water partition coefficient (Wildman–Crippen LogP) is 5.19. The molecule has 1 atom stereocenters. The van der Waals surface area contributed by atoms with Gasteiger partial charge in [0.1, 0.15) is 0 Å². The standard InChI is InChI=1S/C15H32O/c1-5-7-9-10-15(12-11-14(3)4)16-13-8-6-2/h14-15H,5-13H2,1-4H3. The second kappa shape index (κ2) is 11.4. The van der Waals surface area contributed by atoms with Crippen molar-refractivity contribution in [1.29, 1.82) is 0 Å². The first-order valence-corrected chi connectivity index (χ1v) is 7.32. The van der Waals surface area contributed by atoms with Crippen LogP contribution in [0.3, 0.4) is 0 Å². The average molecular weight is 228 g/mol. The SMILES string of the molecule is CCCCCC(CCC(C)C)OCCCC. The Labute approximate surface area is 103 Å². The molecule has 0 spiro atoms. The lowest BCUT2D eigenvalue weighted by atomic mass is 10.0. The summed E-state index contributed by atoms with van der Waals surface area (Å²) in [6.07, 6.45) is 10.8. The molecule has 1 unspecified atom stereocenters. The number of unbranched alkanes of at least 4 members (excludes halogenated alkanes) is 3. The van der Waals surface area contributed by atoms with Gasteiger partial charge in [0.25, 0.3) is 0 Å². The third-order valence-electron chi connectivity index (χ3n) is 3.05. The van der Waals surface area contributed by atoms with Gasteiger partial charge < -0.3 is 4.74 Å². The molecular formula is C15H32O. The fraction of sp³-hybridized carbons (Fsp3) is 1.00. The fourth-order valence-corrected chi connectivity index (χ4v) is 1.85. The van der Waals surface area contributed by atoms with Crippen LogP contribution in [0.2, 0.25) is 0 Å². The van der Waals surface area contributed by atoms with E-state index in [0.717, 1.165) is 12.5 Å². The van der Waals surface area contributed by atoms with Crippen molar-refractivity contribution in [3.05, 3.63) is 0 Å². The molecule has 0 aliphatic carbocycles. The van der Waals surface area contributed by atoms with Gasteiger partial charge in [-0.1, -0.05) is 53.4 Å². The minimum Gasteiger partial charge on any atom is -0.378 e. The van der Waals surface area contributed by atoms with Gasteiger partial charge in [-0.3, -0.25) is 0 Å². The van der Waals surface area contributed by atoms with Crippen molar-refractivity contribution >= 4 is 0 Å². The van der Waals surface area contributed by atoms with Crippen molar-refractivity contribution in [2.75, 3.05) is 6.61 Å². The van der Waals surface area contributed by atoms with E-state index in [1.54, 1.807) is 0 Å². The highest BCUT2D eigenvalue weighted by Crippen LogP contribution is 2.16. The van der Waals surface area contributed by atoms with Gasteiger partial charge in [-0.15, -0.1) is 0 Å². The van der Waals surface area contributed by atoms with E-state index in [4.69, 9.17) is 4.74 Å². The first-order chi connectivity index (χ1) is 7.70. The van der Waals surface area contributed by atoms with Crippen LogP contribution in [0.25, 0.3) is 0 Å². The Morgan fingerprint density at radius 1 is 0.812 bits per heavy atom. The van der Waals surface area contributed by atoms with E-state index in [1.165, 1.54) is 51.4 Å². The summed E-state index contributed by atoms with van der Waals surface area (Å²) in [7, 11) is 0. The summed E-state index contributed by atoms with van der Waals surface area (Å²) < 4.78 is 5.98. The highest BCUT2D eigenvalue weighted by atomic mass is 16.5. The summed E-state index contributed by atoms with van der Waals surface area (Å²) in [5.74, 6) is 0.809. The Kier molecular flexibility index (Phi) is 11.4. The molecule has 0 aromatic rings. The molecule has 0 amide bonds. The highest BCUT2D eigenvalue weighted by molar-refractivity contribution is 4.60. The Hall–Kier alpha value is -0.0400. The molecule has 0 saturated heterocycles. The van der Waals surface area contributed by atoms with E-state index in [9.17, 15) is 0 Å². The summed E-state index contributed by atoms with van der Waals surface area (Å²) in [4.78, 5) is 0. The van der Waals surface area contributed by atoms with Crippen LogP contribution in [0.5, 0.6) is 0 Å². The first kappa shape index (κ1) is 16.0. The molecule has 98 valence electrons. The van der Waals surface area contributed by atoms with E-state index in [1.807, 2.05) is 0 Å². The molecule has 16 heavy (non-hydrogen) atoms. The topological polar surface area (TPSA) is 9.23 Å². The van der Waals surface area contributed by atoms with Gasteiger partial charge in [0.2, 0.25) is 0 Å². The minimum atomic E-state index is 0.528. The number of ether oxygens (including phenoxy) is 1. The molecule has 0 saturated carbocycles. The molecule has 0 N–H and O–H groups in total. The van der Waals surface area contributed by atoms with Gasteiger partial charge in [-0.2, -0.15) is 0 Å². The molecule has 0 aliphatic rings. The second-order valence-electron chi connectivity index (χ2n) is 5.31. The van der Waals surface area contributed by atoms with Crippen LogP contribution in [-0.2, 0) is 4.74 Å². The van der Waals surface area contributed by atoms with E-state index in [-0.39, 0.29) is 0 Å². The molecule has 1 nitrogen and oxygen atoms in total. The van der Waals surface area contributed by atoms with E-state index >= 15 is 0 Å². The van der Waals surface area contributed by atoms with Gasteiger partial charge in [0, 0.05) is 6.61 Å². The first-order valence-electron chi connectivity index (χ1n) is 7.32. The molecule has 0 rings (SSSR count). The molecule has 0 radical (unpaired) electrons. The zero-order chi connectivity index (χ0) is 12.2. The molecule has 0 aromatic heterocycles. The smallest absolute Gasteiger partial charge is 0.0575 e. The molecular weight excluding hydrogens is 196 g/mol. The molecule has 0 heterocycles. The van der Waals surface area contributed by atoms with Crippen molar-refractivity contribution in [1.82, 2.24) is 0 Å². The number of rotatable bonds is 11. The zero-order valence-corrected chi connectivity index (χ0v) is 11.9. The zero-order valence-electron chi connectivity index (χ0n) is 11.9. The van der Waals surface area contributed by atoms with E-state index < -0.39 is 0 Å². The van der Waals surface area contributed by atoms with Crippen LogP contribution in [-0.4, -0.2) is 12.7 Å². The van der Waals surface area contributed by atoms with Gasteiger partial charge in [-0.05, 0) is 31.6 Å². The van der Waals surface area contributed by atoms with Gasteiger partial charge in [0.05, 0.1) is 6.10 Å². The van der Waals surface area contributed by atoms with Crippen LogP contribution in [0.1, 0.15) is 79.1 Å². The maximum atomic E-state index is 5.98. The maximum absolute atomic E-state index is 5.98. The Balaban J connectivity index is 3.67. The molecule has 0 fully saturated rings. The summed E-state index contributed by atoms with van der Waals surface area (Å²) in [5.41, 5.74) is 0. The summed E-state index contributed by atoms with van der Waals surface area (Å²) in [6.45, 7) is 10.1. The van der Waals surface area contributed by atoms with Crippen LogP contribution < -0.4 is 0 Å². The third-order valence-corrected chi connectivity index (χ3v) is 3.05. The number of hydrogen-bond donors (Lipinski definition) is 0. The maximum Gasteiger partial charge on any atom is 0.0575 e. The Bertz CT molecular complexity index is 121. The average Bonchev–Trinajstić information content (AvgIpc) is 2.25. The van der Waals surface area contributed by atoms with E-state index in [0.29, 0.717) is 6.10 Å². The lowest BCUT2D eigenvalue weighted by Gasteiger charge is -2.18. The second-order valence-corrected chi connectivity index (χ2v) is 5.31. The van der Waals surface area contributed by atoms with Crippen molar-refractivity contribution in [2.45, 2.75) is 85.2 Å². The van der Waals surface area contributed by atoms with Crippen LogP contribution in [0.4, 0.5) is 0 Å². The van der Waals surface area contributed by atoms with Crippen LogP contribution in [0.15, 0.2) is 0 Å². The van der Waals surface area contributed by atoms with Crippen molar-refractivity contribution in [3.63, 3.8) is 0 Å². The largest absolute Gasteiger partial charge is 0.378 e. The summed E-state index contributed by atoms with van der Waals surface area (Å²) in [5, 5.41) is 0. The highest BCUT2D eigenvalue weighted by Gasteiger charge is 2.09. The normalized spacial score (nSPS) is 13.3. The predicted molar refractivity (Wildman–Crippen MR) is 72.9 cm³/mol. The fourth-order valence-electron chi connectivity index (χ4n) is 1.85. The molecule has 0 aliphatic heterocycles. The Morgan fingerprint density at radius 3 is 2.06 bits per heavy atom. The third kappa shape index (κ3) is 10.5. The Morgan fingerprint density at radius 2 is 1.50 bits per heavy atom. The quantitative estimate of drug-likeness (QED) is 0.442. The van der Waals surface area contributed by atoms with Crippen molar-refractivity contribution in [2.24, 2.45) is 5.92 Å². The van der Waals surface area contributed by atoms with E-state index in [2.05, 4.69) is 27.7 Å². The van der Waals surface area contributed by atoms with Gasteiger partial charge in [-0.25, -0.2) is 0 Å².